The van der Waals surface area contributed by atoms with E-state index in [1.807, 2.05) is 29.2 Å². The number of ether oxygens (including phenoxy) is 1. The van der Waals surface area contributed by atoms with Gasteiger partial charge >= 0.3 is 0 Å². The summed E-state index contributed by atoms with van der Waals surface area (Å²) in [6.07, 6.45) is 3.22. The van der Waals surface area contributed by atoms with Gasteiger partial charge in [0, 0.05) is 17.6 Å². The van der Waals surface area contributed by atoms with Crippen LogP contribution < -0.4 is 10.1 Å². The molecule has 1 aromatic heterocycles. The van der Waals surface area contributed by atoms with E-state index in [0.29, 0.717) is 17.3 Å². The van der Waals surface area contributed by atoms with E-state index in [1.165, 1.54) is 0 Å². The highest BCUT2D eigenvalue weighted by molar-refractivity contribution is 6.04. The number of likely N-dealkylation sites (tertiary alicyclic amines) is 1. The number of rotatable bonds is 5. The summed E-state index contributed by atoms with van der Waals surface area (Å²) < 4.78 is 5.67. The first-order valence-corrected chi connectivity index (χ1v) is 10.3. The number of carbonyl (C=O) groups excluding carboxylic acids is 2. The molecular weight excluding hydrogens is 380 g/mol. The standard InChI is InChI=1S/C23H26N4O3/c1-15-6-5-7-16(2)27(15)21(28)14-30-18-12-10-17(11-13-18)22(29)26-23-24-19-8-3-4-9-20(19)25-23/h3-4,8-13,15-16H,5-7,14H2,1-2H3,(H2,24,25,26,29). The molecule has 1 aliphatic rings. The lowest BCUT2D eigenvalue weighted by Gasteiger charge is -2.38. The third-order valence-corrected chi connectivity index (χ3v) is 5.58. The van der Waals surface area contributed by atoms with Crippen molar-refractivity contribution in [2.45, 2.75) is 45.2 Å². The lowest BCUT2D eigenvalue weighted by molar-refractivity contribution is -0.139. The second-order valence-corrected chi connectivity index (χ2v) is 7.80. The number of carbonyl (C=O) groups is 2. The van der Waals surface area contributed by atoms with Crippen molar-refractivity contribution in [3.8, 4) is 5.75 Å². The van der Waals surface area contributed by atoms with Crippen LogP contribution in [-0.4, -0.2) is 45.4 Å². The van der Waals surface area contributed by atoms with Crippen LogP contribution in [0.3, 0.4) is 0 Å². The molecular formula is C23H26N4O3. The molecule has 2 atom stereocenters. The third kappa shape index (κ3) is 4.30. The average molecular weight is 406 g/mol. The van der Waals surface area contributed by atoms with E-state index >= 15 is 0 Å². The van der Waals surface area contributed by atoms with E-state index in [4.69, 9.17) is 4.74 Å². The van der Waals surface area contributed by atoms with Gasteiger partial charge in [0.1, 0.15) is 5.75 Å². The molecule has 1 aliphatic heterocycles. The highest BCUT2D eigenvalue weighted by atomic mass is 16.5. The predicted octanol–water partition coefficient (Wildman–Crippen LogP) is 3.98. The number of anilines is 1. The smallest absolute Gasteiger partial charge is 0.260 e. The van der Waals surface area contributed by atoms with Gasteiger partial charge in [-0.05, 0) is 69.5 Å². The molecule has 4 rings (SSSR count). The molecule has 2 N–H and O–H groups in total. The van der Waals surface area contributed by atoms with Crippen molar-refractivity contribution in [2.24, 2.45) is 0 Å². The molecule has 0 spiro atoms. The van der Waals surface area contributed by atoms with Crippen molar-refractivity contribution in [1.29, 1.82) is 0 Å². The molecule has 156 valence electrons. The van der Waals surface area contributed by atoms with Crippen molar-refractivity contribution in [1.82, 2.24) is 14.9 Å². The fraction of sp³-hybridized carbons (Fsp3) is 0.348. The summed E-state index contributed by atoms with van der Waals surface area (Å²) in [5, 5.41) is 2.76. The minimum Gasteiger partial charge on any atom is -0.484 e. The van der Waals surface area contributed by atoms with Gasteiger partial charge in [-0.25, -0.2) is 4.98 Å². The van der Waals surface area contributed by atoms with Gasteiger partial charge in [-0.15, -0.1) is 0 Å². The van der Waals surface area contributed by atoms with Crippen LogP contribution in [0.4, 0.5) is 5.95 Å². The van der Waals surface area contributed by atoms with Gasteiger partial charge in [0.15, 0.2) is 6.61 Å². The van der Waals surface area contributed by atoms with Crippen molar-refractivity contribution in [2.75, 3.05) is 11.9 Å². The van der Waals surface area contributed by atoms with Crippen molar-refractivity contribution in [3.63, 3.8) is 0 Å². The zero-order valence-corrected chi connectivity index (χ0v) is 17.2. The van der Waals surface area contributed by atoms with Gasteiger partial charge in [0.2, 0.25) is 5.95 Å². The molecule has 0 radical (unpaired) electrons. The van der Waals surface area contributed by atoms with Gasteiger partial charge in [-0.3, -0.25) is 14.9 Å². The quantitative estimate of drug-likeness (QED) is 0.671. The molecule has 2 aromatic carbocycles. The van der Waals surface area contributed by atoms with Crippen LogP contribution in [0.15, 0.2) is 48.5 Å². The lowest BCUT2D eigenvalue weighted by atomic mass is 9.97. The maximum atomic E-state index is 12.6. The molecule has 30 heavy (non-hydrogen) atoms. The van der Waals surface area contributed by atoms with Gasteiger partial charge in [0.25, 0.3) is 11.8 Å². The van der Waals surface area contributed by atoms with Crippen LogP contribution in [0.5, 0.6) is 5.75 Å². The number of hydrogen-bond donors (Lipinski definition) is 2. The van der Waals surface area contributed by atoms with Crippen LogP contribution in [0, 0.1) is 0 Å². The summed E-state index contributed by atoms with van der Waals surface area (Å²) >= 11 is 0. The van der Waals surface area contributed by atoms with E-state index in [9.17, 15) is 9.59 Å². The lowest BCUT2D eigenvalue weighted by Crippen LogP contribution is -2.49. The number of hydrogen-bond acceptors (Lipinski definition) is 4. The zero-order valence-electron chi connectivity index (χ0n) is 17.2. The van der Waals surface area contributed by atoms with E-state index in [1.54, 1.807) is 24.3 Å². The number of aromatic amines is 1. The minimum atomic E-state index is -0.271. The number of nitrogens with zero attached hydrogens (tertiary/aromatic N) is 2. The maximum absolute atomic E-state index is 12.6. The van der Waals surface area contributed by atoms with E-state index in [0.717, 1.165) is 30.3 Å². The Hall–Kier alpha value is -3.35. The SMILES string of the molecule is CC1CCCC(C)N1C(=O)COc1ccc(C(=O)Nc2nc3ccccc3[nH]2)cc1. The number of piperidine rings is 1. The summed E-state index contributed by atoms with van der Waals surface area (Å²) in [7, 11) is 0. The number of H-pyrrole nitrogens is 1. The van der Waals surface area contributed by atoms with E-state index in [-0.39, 0.29) is 30.5 Å². The Kier molecular flexibility index (Phi) is 5.70. The van der Waals surface area contributed by atoms with Gasteiger partial charge in [-0.1, -0.05) is 12.1 Å². The first-order chi connectivity index (χ1) is 14.5. The Bertz CT molecular complexity index is 1000. The number of para-hydroxylation sites is 2. The second-order valence-electron chi connectivity index (χ2n) is 7.80. The van der Waals surface area contributed by atoms with Crippen LogP contribution in [0.25, 0.3) is 11.0 Å². The molecule has 2 amide bonds. The van der Waals surface area contributed by atoms with Gasteiger partial charge in [0.05, 0.1) is 11.0 Å². The second kappa shape index (κ2) is 8.57. The molecule has 0 saturated carbocycles. The number of imidazole rings is 1. The first-order valence-electron chi connectivity index (χ1n) is 10.3. The Morgan fingerprint density at radius 1 is 1.10 bits per heavy atom. The van der Waals surface area contributed by atoms with Crippen LogP contribution >= 0.6 is 0 Å². The normalized spacial score (nSPS) is 18.9. The summed E-state index contributed by atoms with van der Waals surface area (Å²) in [5.41, 5.74) is 2.13. The van der Waals surface area contributed by atoms with Crippen molar-refractivity contribution >= 4 is 28.8 Å². The summed E-state index contributed by atoms with van der Waals surface area (Å²) in [5.74, 6) is 0.687. The summed E-state index contributed by atoms with van der Waals surface area (Å²) in [4.78, 5) is 34.4. The number of fused-ring (bicyclic) bond motifs is 1. The van der Waals surface area contributed by atoms with Crippen LogP contribution in [0.1, 0.15) is 43.5 Å². The van der Waals surface area contributed by atoms with Crippen LogP contribution in [0.2, 0.25) is 0 Å². The molecule has 2 unspecified atom stereocenters. The number of aromatic nitrogens is 2. The largest absolute Gasteiger partial charge is 0.484 e. The monoisotopic (exact) mass is 406 g/mol. The molecule has 2 heterocycles. The maximum Gasteiger partial charge on any atom is 0.260 e. The third-order valence-electron chi connectivity index (χ3n) is 5.58. The summed E-state index contributed by atoms with van der Waals surface area (Å²) in [6.45, 7) is 4.17. The van der Waals surface area contributed by atoms with E-state index < -0.39 is 0 Å². The fourth-order valence-corrected chi connectivity index (χ4v) is 4.03. The highest BCUT2D eigenvalue weighted by Crippen LogP contribution is 2.23. The molecule has 0 aliphatic carbocycles. The fourth-order valence-electron chi connectivity index (χ4n) is 4.03. The minimum absolute atomic E-state index is 0.000786. The van der Waals surface area contributed by atoms with E-state index in [2.05, 4.69) is 29.1 Å². The molecule has 1 saturated heterocycles. The molecule has 7 nitrogen and oxygen atoms in total. The topological polar surface area (TPSA) is 87.3 Å². The number of amides is 2. The number of nitrogens with one attached hydrogen (secondary N) is 2. The average Bonchev–Trinajstić information content (AvgIpc) is 3.14. The van der Waals surface area contributed by atoms with Crippen LogP contribution in [-0.2, 0) is 4.79 Å². The van der Waals surface area contributed by atoms with Gasteiger partial charge in [-0.2, -0.15) is 0 Å². The predicted molar refractivity (Wildman–Crippen MR) is 116 cm³/mol. The Morgan fingerprint density at radius 2 is 1.80 bits per heavy atom. The Morgan fingerprint density at radius 3 is 2.50 bits per heavy atom. The number of benzene rings is 2. The molecule has 3 aromatic rings. The molecule has 7 heteroatoms. The van der Waals surface area contributed by atoms with Crippen molar-refractivity contribution < 1.29 is 14.3 Å². The zero-order chi connectivity index (χ0) is 21.1. The first kappa shape index (κ1) is 19.9. The highest BCUT2D eigenvalue weighted by Gasteiger charge is 2.28. The Labute approximate surface area is 175 Å². The summed E-state index contributed by atoms with van der Waals surface area (Å²) in [6, 6.07) is 14.8. The van der Waals surface area contributed by atoms with Gasteiger partial charge < -0.3 is 14.6 Å². The Balaban J connectivity index is 1.34. The molecule has 1 fully saturated rings. The molecule has 0 bridgehead atoms. The van der Waals surface area contributed by atoms with Crippen molar-refractivity contribution in [3.05, 3.63) is 54.1 Å².